The van der Waals surface area contributed by atoms with E-state index in [1.54, 1.807) is 6.08 Å². The van der Waals surface area contributed by atoms with Crippen LogP contribution < -0.4 is 15.1 Å². The maximum absolute atomic E-state index is 13.5. The smallest absolute Gasteiger partial charge is 0.270 e. The van der Waals surface area contributed by atoms with Crippen molar-refractivity contribution in [3.8, 4) is 0 Å². The Morgan fingerprint density at radius 2 is 1.82 bits per heavy atom. The lowest BCUT2D eigenvalue weighted by atomic mass is 9.78. The fourth-order valence-electron chi connectivity index (χ4n) is 5.56. The normalized spacial score (nSPS) is 21.2. The quantitative estimate of drug-likeness (QED) is 0.355. The van der Waals surface area contributed by atoms with Crippen molar-refractivity contribution < 1.29 is 9.59 Å². The topological polar surface area (TPSA) is 52.7 Å². The van der Waals surface area contributed by atoms with Crippen molar-refractivity contribution in [2.75, 3.05) is 9.80 Å². The van der Waals surface area contributed by atoms with Gasteiger partial charge in [-0.2, -0.15) is 0 Å². The van der Waals surface area contributed by atoms with Crippen molar-refractivity contribution in [1.82, 2.24) is 5.32 Å². The minimum atomic E-state index is -0.465. The highest BCUT2D eigenvalue weighted by molar-refractivity contribution is 7.80. The number of fused-ring (bicyclic) bond motifs is 1. The third-order valence-electron chi connectivity index (χ3n) is 7.05. The number of nitrogens with one attached hydrogen (secondary N) is 1. The van der Waals surface area contributed by atoms with Crippen LogP contribution in [0.3, 0.4) is 0 Å². The number of thiocarbonyl (C=S) groups is 1. The summed E-state index contributed by atoms with van der Waals surface area (Å²) in [6, 6.07) is 12.3. The molecule has 2 aliphatic rings. The van der Waals surface area contributed by atoms with Gasteiger partial charge in [0.15, 0.2) is 5.11 Å². The summed E-state index contributed by atoms with van der Waals surface area (Å²) in [6.45, 7) is 15.2. The second-order valence-electron chi connectivity index (χ2n) is 10.4. The number of carbonyl (C=O) groups excluding carboxylic acids is 2. The Hall–Kier alpha value is -2.99. The van der Waals surface area contributed by atoms with Crippen LogP contribution in [0, 0.1) is 13.8 Å². The number of rotatable bonds is 3. The Morgan fingerprint density at radius 1 is 1.12 bits per heavy atom. The fourth-order valence-corrected chi connectivity index (χ4v) is 5.83. The van der Waals surface area contributed by atoms with Crippen molar-refractivity contribution in [1.29, 1.82) is 0 Å². The number of aryl methyl sites for hydroxylation is 1. The molecule has 2 heterocycles. The first-order valence-corrected chi connectivity index (χ1v) is 12.2. The third kappa shape index (κ3) is 4.05. The van der Waals surface area contributed by atoms with Gasteiger partial charge in [0.25, 0.3) is 11.8 Å². The maximum Gasteiger partial charge on any atom is 0.270 e. The largest absolute Gasteiger partial charge is 0.364 e. The number of amides is 2. The number of carbonyl (C=O) groups is 2. The summed E-state index contributed by atoms with van der Waals surface area (Å²) in [6.07, 6.45) is 2.72. The Labute approximate surface area is 207 Å². The molecule has 2 aromatic carbocycles. The molecule has 2 aromatic rings. The monoisotopic (exact) mass is 475 g/mol. The van der Waals surface area contributed by atoms with E-state index in [9.17, 15) is 9.59 Å². The minimum absolute atomic E-state index is 0.0572. The molecule has 2 aliphatic heterocycles. The number of nitrogens with zero attached hydrogens (tertiary/aromatic N) is 2. The molecule has 1 unspecified atom stereocenters. The number of anilines is 2. The number of benzene rings is 2. The molecular weight excluding hydrogens is 442 g/mol. The highest BCUT2D eigenvalue weighted by Crippen LogP contribution is 2.44. The van der Waals surface area contributed by atoms with E-state index >= 15 is 0 Å². The summed E-state index contributed by atoms with van der Waals surface area (Å²) in [5, 5.41) is 2.81. The second-order valence-corrected chi connectivity index (χ2v) is 10.8. The Morgan fingerprint density at radius 3 is 2.50 bits per heavy atom. The molecule has 34 heavy (non-hydrogen) atoms. The molecule has 4 rings (SSSR count). The van der Waals surface area contributed by atoms with Crippen LogP contribution >= 0.6 is 12.2 Å². The zero-order valence-electron chi connectivity index (χ0n) is 21.0. The van der Waals surface area contributed by atoms with Crippen LogP contribution in [0.1, 0.15) is 69.2 Å². The minimum Gasteiger partial charge on any atom is -0.364 e. The van der Waals surface area contributed by atoms with Crippen LogP contribution in [0.5, 0.6) is 0 Å². The van der Waals surface area contributed by atoms with E-state index in [-0.39, 0.29) is 16.2 Å². The van der Waals surface area contributed by atoms with Gasteiger partial charge in [0, 0.05) is 17.3 Å². The fraction of sp³-hybridized carbons (Fsp3) is 0.393. The summed E-state index contributed by atoms with van der Waals surface area (Å²) in [5.74, 6) is -0.501. The molecule has 178 valence electrons. The van der Waals surface area contributed by atoms with Crippen molar-refractivity contribution in [2.24, 2.45) is 0 Å². The SMILES string of the molecule is Cc1cccc(N2C(=O)/C(=C/c3ccc4c(c3)C(C)CC(C)(C)N4C(C)C)C(=O)NC2=S)c1C. The highest BCUT2D eigenvalue weighted by Gasteiger charge is 2.38. The van der Waals surface area contributed by atoms with E-state index in [1.165, 1.54) is 16.2 Å². The van der Waals surface area contributed by atoms with Crippen LogP contribution in [0.25, 0.3) is 6.08 Å². The molecule has 1 fully saturated rings. The molecular formula is C28H33N3O2S. The van der Waals surface area contributed by atoms with Crippen LogP contribution in [-0.4, -0.2) is 28.5 Å². The first kappa shape index (κ1) is 24.1. The molecule has 6 heteroatoms. The van der Waals surface area contributed by atoms with Gasteiger partial charge in [-0.25, -0.2) is 0 Å². The van der Waals surface area contributed by atoms with E-state index in [2.05, 4.69) is 57.0 Å². The van der Waals surface area contributed by atoms with E-state index in [1.807, 2.05) is 38.1 Å². The van der Waals surface area contributed by atoms with Crippen LogP contribution in [0.15, 0.2) is 42.0 Å². The predicted molar refractivity (Wildman–Crippen MR) is 143 cm³/mol. The van der Waals surface area contributed by atoms with E-state index in [4.69, 9.17) is 12.2 Å². The van der Waals surface area contributed by atoms with Gasteiger partial charge in [-0.1, -0.05) is 25.1 Å². The summed E-state index contributed by atoms with van der Waals surface area (Å²) in [5.41, 5.74) is 6.13. The van der Waals surface area contributed by atoms with Gasteiger partial charge in [0.1, 0.15) is 5.57 Å². The van der Waals surface area contributed by atoms with Gasteiger partial charge in [0.2, 0.25) is 0 Å². The number of hydrogen-bond donors (Lipinski definition) is 1. The van der Waals surface area contributed by atoms with Gasteiger partial charge in [-0.3, -0.25) is 19.8 Å². The summed E-state index contributed by atoms with van der Waals surface area (Å²) < 4.78 is 0. The summed E-state index contributed by atoms with van der Waals surface area (Å²) in [4.78, 5) is 30.2. The lowest BCUT2D eigenvalue weighted by Crippen LogP contribution is -2.54. The zero-order chi connectivity index (χ0) is 24.9. The molecule has 0 spiro atoms. The van der Waals surface area contributed by atoms with E-state index in [0.29, 0.717) is 17.6 Å². The van der Waals surface area contributed by atoms with Gasteiger partial charge in [0.05, 0.1) is 5.69 Å². The molecule has 0 saturated carbocycles. The predicted octanol–water partition coefficient (Wildman–Crippen LogP) is 5.64. The van der Waals surface area contributed by atoms with Gasteiger partial charge in [-0.15, -0.1) is 0 Å². The molecule has 0 bridgehead atoms. The maximum atomic E-state index is 13.5. The van der Waals surface area contributed by atoms with Crippen molar-refractivity contribution in [2.45, 2.75) is 72.4 Å². The molecule has 1 saturated heterocycles. The average Bonchev–Trinajstić information content (AvgIpc) is 2.73. The van der Waals surface area contributed by atoms with Gasteiger partial charge in [-0.05, 0) is 113 Å². The van der Waals surface area contributed by atoms with Crippen LogP contribution in [-0.2, 0) is 9.59 Å². The Balaban J connectivity index is 1.76. The van der Waals surface area contributed by atoms with Crippen molar-refractivity contribution >= 4 is 46.6 Å². The van der Waals surface area contributed by atoms with Gasteiger partial charge < -0.3 is 4.90 Å². The Bertz CT molecular complexity index is 1230. The van der Waals surface area contributed by atoms with E-state index < -0.39 is 11.8 Å². The lowest BCUT2D eigenvalue weighted by Gasteiger charge is -2.50. The molecule has 1 atom stereocenters. The first-order chi connectivity index (χ1) is 15.9. The zero-order valence-corrected chi connectivity index (χ0v) is 21.8. The first-order valence-electron chi connectivity index (χ1n) is 11.8. The molecule has 2 amide bonds. The highest BCUT2D eigenvalue weighted by atomic mass is 32.1. The Kier molecular flexibility index (Phi) is 6.15. The molecule has 0 radical (unpaired) electrons. The summed E-state index contributed by atoms with van der Waals surface area (Å²) in [7, 11) is 0. The average molecular weight is 476 g/mol. The van der Waals surface area contributed by atoms with Crippen molar-refractivity contribution in [3.63, 3.8) is 0 Å². The molecule has 1 N–H and O–H groups in total. The molecule has 5 nitrogen and oxygen atoms in total. The van der Waals surface area contributed by atoms with Crippen LogP contribution in [0.2, 0.25) is 0 Å². The van der Waals surface area contributed by atoms with E-state index in [0.717, 1.165) is 23.1 Å². The third-order valence-corrected chi connectivity index (χ3v) is 7.33. The standard InChI is InChI=1S/C28H33N3O2S/c1-16(2)31-24-12-11-20(13-21(24)18(4)15-28(31,6)7)14-22-25(32)29-27(34)30(26(22)33)23-10-8-9-17(3)19(23)5/h8-14,16,18H,15H2,1-7H3,(H,29,32,34)/b22-14+. The summed E-state index contributed by atoms with van der Waals surface area (Å²) >= 11 is 5.38. The van der Waals surface area contributed by atoms with Crippen molar-refractivity contribution in [3.05, 3.63) is 64.2 Å². The molecule has 0 aliphatic carbocycles. The van der Waals surface area contributed by atoms with Crippen LogP contribution in [0.4, 0.5) is 11.4 Å². The van der Waals surface area contributed by atoms with Gasteiger partial charge >= 0.3 is 0 Å². The second kappa shape index (κ2) is 8.66. The number of hydrogen-bond acceptors (Lipinski definition) is 4. The molecule has 0 aromatic heterocycles. The lowest BCUT2D eigenvalue weighted by molar-refractivity contribution is -0.122.